The van der Waals surface area contributed by atoms with Crippen LogP contribution in [-0.4, -0.2) is 24.6 Å². The number of fused-ring (bicyclic) bond motifs is 1. The lowest BCUT2D eigenvalue weighted by molar-refractivity contribution is 0.102. The number of anilines is 1. The van der Waals surface area contributed by atoms with E-state index in [1.54, 1.807) is 13.2 Å². The molecule has 0 aliphatic heterocycles. The summed E-state index contributed by atoms with van der Waals surface area (Å²) < 4.78 is 10.8. The minimum atomic E-state index is -0.200. The van der Waals surface area contributed by atoms with Crippen LogP contribution in [0.4, 0.5) is 5.69 Å². The second-order valence-corrected chi connectivity index (χ2v) is 6.72. The number of pyridine rings is 1. The summed E-state index contributed by atoms with van der Waals surface area (Å²) >= 11 is 0. The molecule has 0 aliphatic carbocycles. The molecule has 0 unspecified atom stereocenters. The lowest BCUT2D eigenvalue weighted by atomic mass is 10.0. The molecule has 5 nitrogen and oxygen atoms in total. The summed E-state index contributed by atoms with van der Waals surface area (Å²) in [6.07, 6.45) is 0. The van der Waals surface area contributed by atoms with Crippen LogP contribution in [0.1, 0.15) is 17.3 Å². The van der Waals surface area contributed by atoms with E-state index >= 15 is 0 Å². The number of hydrogen-bond acceptors (Lipinski definition) is 4. The Balaban J connectivity index is 1.73. The van der Waals surface area contributed by atoms with Crippen molar-refractivity contribution in [1.29, 1.82) is 0 Å². The molecular formula is C25H22N2O3. The molecule has 0 spiro atoms. The monoisotopic (exact) mass is 398 g/mol. The summed E-state index contributed by atoms with van der Waals surface area (Å²) in [5.74, 6) is 1.29. The highest BCUT2D eigenvalue weighted by Gasteiger charge is 2.14. The van der Waals surface area contributed by atoms with Crippen molar-refractivity contribution in [2.24, 2.45) is 0 Å². The molecule has 4 aromatic rings. The average molecular weight is 398 g/mol. The molecule has 0 saturated carbocycles. The number of amides is 1. The summed E-state index contributed by atoms with van der Waals surface area (Å²) in [7, 11) is 1.60. The summed E-state index contributed by atoms with van der Waals surface area (Å²) in [5, 5.41) is 3.76. The van der Waals surface area contributed by atoms with Crippen molar-refractivity contribution in [2.45, 2.75) is 6.92 Å². The Labute approximate surface area is 175 Å². The first-order chi connectivity index (χ1) is 14.7. The van der Waals surface area contributed by atoms with Gasteiger partial charge in [0.1, 0.15) is 11.5 Å². The van der Waals surface area contributed by atoms with Gasteiger partial charge in [-0.1, -0.05) is 24.3 Å². The Morgan fingerprint density at radius 2 is 1.73 bits per heavy atom. The molecule has 3 aromatic carbocycles. The third-order valence-electron chi connectivity index (χ3n) is 4.75. The number of carbonyl (C=O) groups excluding carboxylic acids is 1. The zero-order valence-electron chi connectivity index (χ0n) is 16.9. The quantitative estimate of drug-likeness (QED) is 0.462. The zero-order chi connectivity index (χ0) is 20.9. The van der Waals surface area contributed by atoms with E-state index in [0.29, 0.717) is 23.6 Å². The van der Waals surface area contributed by atoms with E-state index in [2.05, 4.69) is 5.32 Å². The molecule has 30 heavy (non-hydrogen) atoms. The molecule has 1 heterocycles. The fourth-order valence-corrected chi connectivity index (χ4v) is 3.30. The first-order valence-electron chi connectivity index (χ1n) is 9.76. The lowest BCUT2D eigenvalue weighted by Crippen LogP contribution is -2.13. The molecule has 0 aliphatic rings. The summed E-state index contributed by atoms with van der Waals surface area (Å²) in [6, 6.07) is 24.5. The fourth-order valence-electron chi connectivity index (χ4n) is 3.30. The largest absolute Gasteiger partial charge is 0.497 e. The number of nitrogens with zero attached hydrogens (tertiary/aromatic N) is 1. The predicted octanol–water partition coefficient (Wildman–Crippen LogP) is 5.56. The lowest BCUT2D eigenvalue weighted by Gasteiger charge is -2.12. The Bertz CT molecular complexity index is 1190. The third-order valence-corrected chi connectivity index (χ3v) is 4.75. The Morgan fingerprint density at radius 3 is 2.50 bits per heavy atom. The van der Waals surface area contributed by atoms with Crippen LogP contribution in [0.25, 0.3) is 22.2 Å². The highest BCUT2D eigenvalue weighted by Crippen LogP contribution is 2.27. The van der Waals surface area contributed by atoms with E-state index in [1.165, 1.54) is 0 Å². The van der Waals surface area contributed by atoms with Gasteiger partial charge in [0.15, 0.2) is 0 Å². The smallest absolute Gasteiger partial charge is 0.256 e. The van der Waals surface area contributed by atoms with Crippen LogP contribution in [-0.2, 0) is 0 Å². The third kappa shape index (κ3) is 4.10. The molecule has 150 valence electrons. The topological polar surface area (TPSA) is 60.5 Å². The minimum absolute atomic E-state index is 0.200. The van der Waals surface area contributed by atoms with Crippen LogP contribution in [0.2, 0.25) is 0 Å². The summed E-state index contributed by atoms with van der Waals surface area (Å²) in [6.45, 7) is 2.56. The molecule has 0 radical (unpaired) electrons. The molecular weight excluding hydrogens is 376 g/mol. The summed E-state index contributed by atoms with van der Waals surface area (Å²) in [5.41, 5.74) is 3.64. The second kappa shape index (κ2) is 8.66. The van der Waals surface area contributed by atoms with Gasteiger partial charge in [-0.2, -0.15) is 0 Å². The molecule has 5 heteroatoms. The SMILES string of the molecule is CCOc1ccc(-c2cc(C(=O)Nc3cccc(OC)c3)c3ccccc3n2)cc1. The molecule has 1 aromatic heterocycles. The van der Waals surface area contributed by atoms with Gasteiger partial charge in [0.05, 0.1) is 30.5 Å². The highest BCUT2D eigenvalue weighted by atomic mass is 16.5. The van der Waals surface area contributed by atoms with Crippen LogP contribution in [0, 0.1) is 0 Å². The van der Waals surface area contributed by atoms with Crippen molar-refractivity contribution in [3.63, 3.8) is 0 Å². The van der Waals surface area contributed by atoms with E-state index in [4.69, 9.17) is 14.5 Å². The van der Waals surface area contributed by atoms with Crippen LogP contribution in [0.3, 0.4) is 0 Å². The first-order valence-corrected chi connectivity index (χ1v) is 9.76. The number of aromatic nitrogens is 1. The van der Waals surface area contributed by atoms with E-state index in [9.17, 15) is 4.79 Å². The number of nitrogens with one attached hydrogen (secondary N) is 1. The molecule has 1 N–H and O–H groups in total. The number of carbonyl (C=O) groups is 1. The van der Waals surface area contributed by atoms with Crippen molar-refractivity contribution < 1.29 is 14.3 Å². The zero-order valence-corrected chi connectivity index (χ0v) is 16.9. The molecule has 4 rings (SSSR count). The van der Waals surface area contributed by atoms with Crippen molar-refractivity contribution in [1.82, 2.24) is 4.98 Å². The predicted molar refractivity (Wildman–Crippen MR) is 119 cm³/mol. The Kier molecular flexibility index (Phi) is 5.61. The van der Waals surface area contributed by atoms with Crippen molar-refractivity contribution in [2.75, 3.05) is 19.0 Å². The van der Waals surface area contributed by atoms with Gasteiger partial charge in [0.2, 0.25) is 0 Å². The maximum atomic E-state index is 13.2. The number of ether oxygens (including phenoxy) is 2. The standard InChI is InChI=1S/C25H22N2O3/c1-3-30-19-13-11-17(12-14-19)24-16-22(21-9-4-5-10-23(21)27-24)25(28)26-18-7-6-8-20(15-18)29-2/h4-16H,3H2,1-2H3,(H,26,28). The molecule has 0 fully saturated rings. The molecule has 0 bridgehead atoms. The van der Waals surface area contributed by atoms with E-state index in [0.717, 1.165) is 27.9 Å². The van der Waals surface area contributed by atoms with Crippen molar-refractivity contribution >= 4 is 22.5 Å². The van der Waals surface area contributed by atoms with E-state index in [-0.39, 0.29) is 5.91 Å². The Morgan fingerprint density at radius 1 is 0.933 bits per heavy atom. The van der Waals surface area contributed by atoms with Gasteiger partial charge in [-0.3, -0.25) is 4.79 Å². The number of rotatable bonds is 6. The van der Waals surface area contributed by atoms with Crippen LogP contribution in [0.15, 0.2) is 78.9 Å². The first kappa shape index (κ1) is 19.5. The van der Waals surface area contributed by atoms with Gasteiger partial charge in [-0.25, -0.2) is 4.98 Å². The van der Waals surface area contributed by atoms with Gasteiger partial charge in [-0.05, 0) is 55.5 Å². The normalized spacial score (nSPS) is 10.6. The number of hydrogen-bond donors (Lipinski definition) is 1. The van der Waals surface area contributed by atoms with Crippen LogP contribution in [0.5, 0.6) is 11.5 Å². The minimum Gasteiger partial charge on any atom is -0.497 e. The molecule has 1 amide bonds. The van der Waals surface area contributed by atoms with Crippen LogP contribution >= 0.6 is 0 Å². The van der Waals surface area contributed by atoms with Gasteiger partial charge in [0.25, 0.3) is 5.91 Å². The maximum Gasteiger partial charge on any atom is 0.256 e. The fraction of sp³-hybridized carbons (Fsp3) is 0.120. The number of para-hydroxylation sites is 1. The van der Waals surface area contributed by atoms with Gasteiger partial charge in [0, 0.05) is 22.7 Å². The number of benzene rings is 3. The van der Waals surface area contributed by atoms with E-state index < -0.39 is 0 Å². The second-order valence-electron chi connectivity index (χ2n) is 6.72. The van der Waals surface area contributed by atoms with Crippen molar-refractivity contribution in [3.05, 3.63) is 84.4 Å². The van der Waals surface area contributed by atoms with Gasteiger partial charge in [-0.15, -0.1) is 0 Å². The maximum absolute atomic E-state index is 13.2. The van der Waals surface area contributed by atoms with Gasteiger partial charge >= 0.3 is 0 Å². The van der Waals surface area contributed by atoms with Crippen LogP contribution < -0.4 is 14.8 Å². The average Bonchev–Trinajstić information content (AvgIpc) is 2.79. The van der Waals surface area contributed by atoms with Gasteiger partial charge < -0.3 is 14.8 Å². The number of methoxy groups -OCH3 is 1. The molecule has 0 saturated heterocycles. The molecule has 0 atom stereocenters. The highest BCUT2D eigenvalue weighted by molar-refractivity contribution is 6.13. The summed E-state index contributed by atoms with van der Waals surface area (Å²) in [4.78, 5) is 17.9. The van der Waals surface area contributed by atoms with E-state index in [1.807, 2.05) is 79.7 Å². The van der Waals surface area contributed by atoms with Crippen molar-refractivity contribution in [3.8, 4) is 22.8 Å². The Hall–Kier alpha value is -3.86.